The van der Waals surface area contributed by atoms with Gasteiger partial charge >= 0.3 is 0 Å². The summed E-state index contributed by atoms with van der Waals surface area (Å²) < 4.78 is 0. The van der Waals surface area contributed by atoms with Gasteiger partial charge in [-0.25, -0.2) is 0 Å². The van der Waals surface area contributed by atoms with E-state index < -0.39 is 0 Å². The van der Waals surface area contributed by atoms with Gasteiger partial charge in [0.05, 0.1) is 0 Å². The summed E-state index contributed by atoms with van der Waals surface area (Å²) in [4.78, 5) is 0. The Bertz CT molecular complexity index is 566. The minimum atomic E-state index is 0.185. The molecule has 0 saturated carbocycles. The highest BCUT2D eigenvalue weighted by molar-refractivity contribution is 6.35. The predicted molar refractivity (Wildman–Crippen MR) is 82.9 cm³/mol. The minimum Gasteiger partial charge on any atom is -0.306 e. The molecule has 1 N–H and O–H groups in total. The molecule has 0 bridgehead atoms. The molecule has 0 fully saturated rings. The van der Waals surface area contributed by atoms with Crippen molar-refractivity contribution in [2.75, 3.05) is 0 Å². The van der Waals surface area contributed by atoms with Gasteiger partial charge in [-0.2, -0.15) is 0 Å². The third-order valence-electron chi connectivity index (χ3n) is 3.12. The van der Waals surface area contributed by atoms with Crippen LogP contribution in [0.5, 0.6) is 0 Å². The van der Waals surface area contributed by atoms with Crippen molar-refractivity contribution < 1.29 is 0 Å². The van der Waals surface area contributed by atoms with Gasteiger partial charge in [0.25, 0.3) is 0 Å². The Balaban J connectivity index is 2.03. The Labute approximate surface area is 124 Å². The fraction of sp³-hybridized carbons (Fsp3) is 0.250. The van der Waals surface area contributed by atoms with E-state index in [1.54, 1.807) is 6.07 Å². The molecule has 1 unspecified atom stereocenters. The predicted octanol–water partition coefficient (Wildman–Crippen LogP) is 5.15. The van der Waals surface area contributed by atoms with E-state index in [2.05, 4.69) is 43.4 Å². The van der Waals surface area contributed by atoms with Crippen molar-refractivity contribution in [3.05, 3.63) is 69.2 Å². The molecule has 0 spiro atoms. The van der Waals surface area contributed by atoms with Crippen LogP contribution in [-0.2, 0) is 6.54 Å². The zero-order valence-electron chi connectivity index (χ0n) is 11.1. The van der Waals surface area contributed by atoms with Crippen molar-refractivity contribution in [1.82, 2.24) is 5.32 Å². The summed E-state index contributed by atoms with van der Waals surface area (Å²) in [5.41, 5.74) is 3.62. The molecule has 0 radical (unpaired) electrons. The van der Waals surface area contributed by atoms with Crippen molar-refractivity contribution in [3.63, 3.8) is 0 Å². The molecule has 0 saturated heterocycles. The molecule has 2 aromatic rings. The van der Waals surface area contributed by atoms with Crippen molar-refractivity contribution in [1.29, 1.82) is 0 Å². The number of nitrogens with one attached hydrogen (secondary N) is 1. The smallest absolute Gasteiger partial charge is 0.0468 e. The van der Waals surface area contributed by atoms with Gasteiger partial charge in [0.1, 0.15) is 0 Å². The van der Waals surface area contributed by atoms with Crippen LogP contribution < -0.4 is 5.32 Å². The lowest BCUT2D eigenvalue weighted by atomic mass is 10.1. The molecule has 0 amide bonds. The third kappa shape index (κ3) is 3.97. The maximum absolute atomic E-state index is 6.21. The van der Waals surface area contributed by atoms with Crippen molar-refractivity contribution in [2.45, 2.75) is 26.4 Å². The van der Waals surface area contributed by atoms with Gasteiger partial charge in [-0.15, -0.1) is 0 Å². The summed E-state index contributed by atoms with van der Waals surface area (Å²) in [6.07, 6.45) is 0. The Morgan fingerprint density at radius 3 is 2.58 bits per heavy atom. The normalized spacial score (nSPS) is 12.4. The lowest BCUT2D eigenvalue weighted by molar-refractivity contribution is 0.575. The molecular formula is C16H17Cl2N. The van der Waals surface area contributed by atoms with Gasteiger partial charge in [-0.05, 0) is 37.1 Å². The minimum absolute atomic E-state index is 0.185. The first-order valence-electron chi connectivity index (χ1n) is 6.30. The van der Waals surface area contributed by atoms with E-state index in [0.29, 0.717) is 10.0 Å². The molecule has 0 aliphatic carbocycles. The Morgan fingerprint density at radius 1 is 1.11 bits per heavy atom. The monoisotopic (exact) mass is 293 g/mol. The van der Waals surface area contributed by atoms with Crippen LogP contribution in [0.3, 0.4) is 0 Å². The zero-order chi connectivity index (χ0) is 13.8. The molecule has 100 valence electrons. The van der Waals surface area contributed by atoms with E-state index in [9.17, 15) is 0 Å². The molecule has 1 nitrogen and oxygen atoms in total. The average molecular weight is 294 g/mol. The summed E-state index contributed by atoms with van der Waals surface area (Å²) in [5.74, 6) is 0. The van der Waals surface area contributed by atoms with Gasteiger partial charge in [0, 0.05) is 22.6 Å². The summed E-state index contributed by atoms with van der Waals surface area (Å²) in [5, 5.41) is 4.85. The van der Waals surface area contributed by atoms with Gasteiger partial charge in [0.2, 0.25) is 0 Å². The Hall–Kier alpha value is -1.02. The molecule has 0 heterocycles. The second kappa shape index (κ2) is 6.42. The molecule has 19 heavy (non-hydrogen) atoms. The molecule has 2 aromatic carbocycles. The highest BCUT2D eigenvalue weighted by Gasteiger charge is 2.09. The van der Waals surface area contributed by atoms with Crippen LogP contribution in [0.1, 0.15) is 29.7 Å². The fourth-order valence-electron chi connectivity index (χ4n) is 2.06. The number of aryl methyl sites for hydroxylation is 1. The summed E-state index contributed by atoms with van der Waals surface area (Å²) in [6.45, 7) is 5.02. The Kier molecular flexibility index (Phi) is 4.87. The van der Waals surface area contributed by atoms with E-state index in [1.165, 1.54) is 11.1 Å². The zero-order valence-corrected chi connectivity index (χ0v) is 12.6. The average Bonchev–Trinajstić information content (AvgIpc) is 2.36. The van der Waals surface area contributed by atoms with Crippen molar-refractivity contribution >= 4 is 23.2 Å². The first kappa shape index (κ1) is 14.4. The molecule has 3 heteroatoms. The van der Waals surface area contributed by atoms with Crippen LogP contribution in [0.4, 0.5) is 0 Å². The van der Waals surface area contributed by atoms with Crippen LogP contribution in [0.15, 0.2) is 42.5 Å². The SMILES string of the molecule is Cc1cccc(CNC(C)c2ccc(Cl)cc2Cl)c1. The second-order valence-corrected chi connectivity index (χ2v) is 5.60. The summed E-state index contributed by atoms with van der Waals surface area (Å²) >= 11 is 12.1. The molecular weight excluding hydrogens is 277 g/mol. The van der Waals surface area contributed by atoms with E-state index in [4.69, 9.17) is 23.2 Å². The first-order chi connectivity index (χ1) is 9.06. The van der Waals surface area contributed by atoms with Gasteiger partial charge in [0.15, 0.2) is 0 Å². The highest BCUT2D eigenvalue weighted by atomic mass is 35.5. The van der Waals surface area contributed by atoms with Crippen molar-refractivity contribution in [2.24, 2.45) is 0 Å². The summed E-state index contributed by atoms with van der Waals surface area (Å²) in [6, 6.07) is 14.3. The number of halogens is 2. The molecule has 1 atom stereocenters. The third-order valence-corrected chi connectivity index (χ3v) is 3.69. The van der Waals surface area contributed by atoms with E-state index >= 15 is 0 Å². The molecule has 2 rings (SSSR count). The standard InChI is InChI=1S/C16H17Cl2N/c1-11-4-3-5-13(8-11)10-19-12(2)15-7-6-14(17)9-16(15)18/h3-9,12,19H,10H2,1-2H3. The summed E-state index contributed by atoms with van der Waals surface area (Å²) in [7, 11) is 0. The van der Waals surface area contributed by atoms with Gasteiger partial charge < -0.3 is 5.32 Å². The van der Waals surface area contributed by atoms with E-state index in [-0.39, 0.29) is 6.04 Å². The van der Waals surface area contributed by atoms with E-state index in [1.807, 2.05) is 12.1 Å². The lowest BCUT2D eigenvalue weighted by Gasteiger charge is -2.16. The van der Waals surface area contributed by atoms with E-state index in [0.717, 1.165) is 12.1 Å². The number of rotatable bonds is 4. The van der Waals surface area contributed by atoms with Crippen LogP contribution in [0.2, 0.25) is 10.0 Å². The van der Waals surface area contributed by atoms with Gasteiger partial charge in [-0.1, -0.05) is 59.1 Å². The van der Waals surface area contributed by atoms with Gasteiger partial charge in [-0.3, -0.25) is 0 Å². The van der Waals surface area contributed by atoms with Crippen LogP contribution >= 0.6 is 23.2 Å². The second-order valence-electron chi connectivity index (χ2n) is 4.76. The number of hydrogen-bond donors (Lipinski definition) is 1. The molecule has 0 aliphatic rings. The van der Waals surface area contributed by atoms with Crippen LogP contribution in [0.25, 0.3) is 0 Å². The molecule has 0 aromatic heterocycles. The highest BCUT2D eigenvalue weighted by Crippen LogP contribution is 2.26. The maximum atomic E-state index is 6.21. The quantitative estimate of drug-likeness (QED) is 0.822. The topological polar surface area (TPSA) is 12.0 Å². The fourth-order valence-corrected chi connectivity index (χ4v) is 2.63. The molecule has 0 aliphatic heterocycles. The van der Waals surface area contributed by atoms with Crippen LogP contribution in [-0.4, -0.2) is 0 Å². The van der Waals surface area contributed by atoms with Crippen LogP contribution in [0, 0.1) is 6.92 Å². The Morgan fingerprint density at radius 2 is 1.89 bits per heavy atom. The van der Waals surface area contributed by atoms with Crippen molar-refractivity contribution in [3.8, 4) is 0 Å². The maximum Gasteiger partial charge on any atom is 0.0468 e. The number of benzene rings is 2. The largest absolute Gasteiger partial charge is 0.306 e. The first-order valence-corrected chi connectivity index (χ1v) is 7.06. The lowest BCUT2D eigenvalue weighted by Crippen LogP contribution is -2.18. The number of hydrogen-bond acceptors (Lipinski definition) is 1.